The third-order valence-corrected chi connectivity index (χ3v) is 3.53. The minimum atomic E-state index is 0.570. The molecule has 0 aliphatic carbocycles. The van der Waals surface area contributed by atoms with Gasteiger partial charge in [0.25, 0.3) is 0 Å². The van der Waals surface area contributed by atoms with Gasteiger partial charge in [0.1, 0.15) is 11.5 Å². The van der Waals surface area contributed by atoms with Crippen LogP contribution in [0.3, 0.4) is 0 Å². The highest BCUT2D eigenvalue weighted by Crippen LogP contribution is 2.31. The minimum Gasteiger partial charge on any atom is -0.497 e. The van der Waals surface area contributed by atoms with Crippen LogP contribution >= 0.6 is 15.9 Å². The standard InChI is InChI=1S/C16H19BrN2O2/c1-3-8-18-10-12-4-7-16(19-11-12)21-15-6-5-13(20-2)9-14(15)17/h4-7,9,11,18H,3,8,10H2,1-2H3. The predicted octanol–water partition coefficient (Wildman–Crippen LogP) is 4.14. The van der Waals surface area contributed by atoms with Gasteiger partial charge in [-0.3, -0.25) is 0 Å². The maximum absolute atomic E-state index is 5.76. The summed E-state index contributed by atoms with van der Waals surface area (Å²) in [6.07, 6.45) is 2.95. The van der Waals surface area contributed by atoms with E-state index in [9.17, 15) is 0 Å². The summed E-state index contributed by atoms with van der Waals surface area (Å²) in [5, 5.41) is 3.34. The van der Waals surface area contributed by atoms with Crippen LogP contribution in [-0.2, 0) is 6.54 Å². The Bertz CT molecular complexity index is 573. The second-order valence-electron chi connectivity index (χ2n) is 4.58. The molecule has 5 heteroatoms. The smallest absolute Gasteiger partial charge is 0.219 e. The van der Waals surface area contributed by atoms with Crippen LogP contribution in [0.15, 0.2) is 41.0 Å². The van der Waals surface area contributed by atoms with E-state index in [1.165, 1.54) is 0 Å². The number of benzene rings is 1. The molecule has 2 rings (SSSR count). The first-order valence-electron chi connectivity index (χ1n) is 6.90. The van der Waals surface area contributed by atoms with Crippen molar-refractivity contribution in [2.45, 2.75) is 19.9 Å². The average molecular weight is 351 g/mol. The first-order chi connectivity index (χ1) is 10.2. The van der Waals surface area contributed by atoms with Crippen LogP contribution in [0, 0.1) is 0 Å². The van der Waals surface area contributed by atoms with Gasteiger partial charge in [0.15, 0.2) is 0 Å². The maximum atomic E-state index is 5.76. The molecule has 21 heavy (non-hydrogen) atoms. The number of nitrogens with zero attached hydrogens (tertiary/aromatic N) is 1. The van der Waals surface area contributed by atoms with Crippen molar-refractivity contribution in [3.8, 4) is 17.4 Å². The average Bonchev–Trinajstić information content (AvgIpc) is 2.51. The van der Waals surface area contributed by atoms with Crippen LogP contribution in [0.2, 0.25) is 0 Å². The van der Waals surface area contributed by atoms with E-state index in [1.54, 1.807) is 7.11 Å². The Morgan fingerprint density at radius 3 is 2.71 bits per heavy atom. The highest BCUT2D eigenvalue weighted by atomic mass is 79.9. The maximum Gasteiger partial charge on any atom is 0.219 e. The van der Waals surface area contributed by atoms with Gasteiger partial charge < -0.3 is 14.8 Å². The molecule has 0 bridgehead atoms. The molecule has 0 radical (unpaired) electrons. The quantitative estimate of drug-likeness (QED) is 0.762. The third-order valence-electron chi connectivity index (χ3n) is 2.91. The fraction of sp³-hybridized carbons (Fsp3) is 0.312. The van der Waals surface area contributed by atoms with Crippen molar-refractivity contribution in [1.82, 2.24) is 10.3 Å². The van der Waals surface area contributed by atoms with Gasteiger partial charge in [0, 0.05) is 18.8 Å². The molecule has 0 aliphatic rings. The number of hydrogen-bond acceptors (Lipinski definition) is 4. The summed E-state index contributed by atoms with van der Waals surface area (Å²) in [6, 6.07) is 9.45. The van der Waals surface area contributed by atoms with Gasteiger partial charge >= 0.3 is 0 Å². The topological polar surface area (TPSA) is 43.4 Å². The molecule has 1 heterocycles. The summed E-state index contributed by atoms with van der Waals surface area (Å²) in [5.74, 6) is 2.06. The summed E-state index contributed by atoms with van der Waals surface area (Å²) in [7, 11) is 1.63. The molecule has 112 valence electrons. The van der Waals surface area contributed by atoms with Crippen molar-refractivity contribution in [2.24, 2.45) is 0 Å². The zero-order valence-corrected chi connectivity index (χ0v) is 13.8. The molecule has 1 N–H and O–H groups in total. The fourth-order valence-electron chi connectivity index (χ4n) is 1.79. The van der Waals surface area contributed by atoms with E-state index in [0.29, 0.717) is 11.6 Å². The molecule has 1 aromatic carbocycles. The largest absolute Gasteiger partial charge is 0.497 e. The van der Waals surface area contributed by atoms with Crippen LogP contribution in [0.1, 0.15) is 18.9 Å². The van der Waals surface area contributed by atoms with Crippen molar-refractivity contribution < 1.29 is 9.47 Å². The third kappa shape index (κ3) is 4.72. The van der Waals surface area contributed by atoms with Gasteiger partial charge in [-0.25, -0.2) is 4.98 Å². The minimum absolute atomic E-state index is 0.570. The SMILES string of the molecule is CCCNCc1ccc(Oc2ccc(OC)cc2Br)nc1. The summed E-state index contributed by atoms with van der Waals surface area (Å²) in [6.45, 7) is 3.99. The Morgan fingerprint density at radius 1 is 1.24 bits per heavy atom. The summed E-state index contributed by atoms with van der Waals surface area (Å²) >= 11 is 3.46. The second kappa shape index (κ2) is 8.00. The number of nitrogens with one attached hydrogen (secondary N) is 1. The summed E-state index contributed by atoms with van der Waals surface area (Å²) in [5.41, 5.74) is 1.14. The monoisotopic (exact) mass is 350 g/mol. The predicted molar refractivity (Wildman–Crippen MR) is 87.0 cm³/mol. The number of halogens is 1. The van der Waals surface area contributed by atoms with E-state index in [1.807, 2.05) is 36.5 Å². The van der Waals surface area contributed by atoms with Gasteiger partial charge in [-0.2, -0.15) is 0 Å². The molecule has 0 saturated carbocycles. The zero-order chi connectivity index (χ0) is 15.1. The van der Waals surface area contributed by atoms with E-state index in [2.05, 4.69) is 33.2 Å². The van der Waals surface area contributed by atoms with Crippen molar-refractivity contribution >= 4 is 15.9 Å². The highest BCUT2D eigenvalue weighted by molar-refractivity contribution is 9.10. The lowest BCUT2D eigenvalue weighted by atomic mass is 10.3. The number of hydrogen-bond donors (Lipinski definition) is 1. The van der Waals surface area contributed by atoms with Crippen molar-refractivity contribution in [2.75, 3.05) is 13.7 Å². The van der Waals surface area contributed by atoms with Crippen LogP contribution < -0.4 is 14.8 Å². The molecular formula is C16H19BrN2O2. The van der Waals surface area contributed by atoms with E-state index in [4.69, 9.17) is 9.47 Å². The fourth-order valence-corrected chi connectivity index (χ4v) is 2.23. The van der Waals surface area contributed by atoms with Crippen molar-refractivity contribution in [1.29, 1.82) is 0 Å². The van der Waals surface area contributed by atoms with Crippen LogP contribution in [0.25, 0.3) is 0 Å². The Balaban J connectivity index is 1.99. The van der Waals surface area contributed by atoms with E-state index < -0.39 is 0 Å². The van der Waals surface area contributed by atoms with Gasteiger partial charge in [-0.05, 0) is 52.7 Å². The Labute approximate surface area is 133 Å². The Kier molecular flexibility index (Phi) is 6.02. The number of ether oxygens (including phenoxy) is 2. The lowest BCUT2D eigenvalue weighted by Gasteiger charge is -2.09. The molecule has 0 atom stereocenters. The van der Waals surface area contributed by atoms with Crippen LogP contribution in [0.5, 0.6) is 17.4 Å². The number of methoxy groups -OCH3 is 1. The van der Waals surface area contributed by atoms with E-state index in [-0.39, 0.29) is 0 Å². The summed E-state index contributed by atoms with van der Waals surface area (Å²) < 4.78 is 11.7. The lowest BCUT2D eigenvalue weighted by Crippen LogP contribution is -2.13. The molecule has 0 fully saturated rings. The molecule has 1 aromatic heterocycles. The van der Waals surface area contributed by atoms with E-state index >= 15 is 0 Å². The normalized spacial score (nSPS) is 10.4. The van der Waals surface area contributed by atoms with Gasteiger partial charge in [0.05, 0.1) is 11.6 Å². The van der Waals surface area contributed by atoms with Gasteiger partial charge in [-0.1, -0.05) is 13.0 Å². The molecule has 0 aliphatic heterocycles. The highest BCUT2D eigenvalue weighted by Gasteiger charge is 2.05. The second-order valence-corrected chi connectivity index (χ2v) is 5.43. The van der Waals surface area contributed by atoms with Crippen molar-refractivity contribution in [3.63, 3.8) is 0 Å². The number of aromatic nitrogens is 1. The van der Waals surface area contributed by atoms with Gasteiger partial charge in [-0.15, -0.1) is 0 Å². The molecule has 2 aromatic rings. The summed E-state index contributed by atoms with van der Waals surface area (Å²) in [4.78, 5) is 4.32. The van der Waals surface area contributed by atoms with Crippen LogP contribution in [0.4, 0.5) is 0 Å². The Morgan fingerprint density at radius 2 is 2.10 bits per heavy atom. The van der Waals surface area contributed by atoms with Crippen molar-refractivity contribution in [3.05, 3.63) is 46.6 Å². The molecule has 0 unspecified atom stereocenters. The molecular weight excluding hydrogens is 332 g/mol. The van der Waals surface area contributed by atoms with Crippen LogP contribution in [-0.4, -0.2) is 18.6 Å². The molecule has 0 amide bonds. The molecule has 0 saturated heterocycles. The molecule has 0 spiro atoms. The van der Waals surface area contributed by atoms with E-state index in [0.717, 1.165) is 35.3 Å². The number of pyridine rings is 1. The van der Waals surface area contributed by atoms with Gasteiger partial charge in [0.2, 0.25) is 5.88 Å². The lowest BCUT2D eigenvalue weighted by molar-refractivity contribution is 0.411. The number of rotatable bonds is 7. The zero-order valence-electron chi connectivity index (χ0n) is 12.2. The Hall–Kier alpha value is -1.59. The first kappa shape index (κ1) is 15.8. The molecule has 4 nitrogen and oxygen atoms in total. The first-order valence-corrected chi connectivity index (χ1v) is 7.69.